The van der Waals surface area contributed by atoms with Crippen molar-refractivity contribution in [3.63, 3.8) is 0 Å². The molecule has 0 aliphatic carbocycles. The van der Waals surface area contributed by atoms with Gasteiger partial charge in [0.25, 0.3) is 0 Å². The van der Waals surface area contributed by atoms with Crippen molar-refractivity contribution in [2.24, 2.45) is 0 Å². The first-order chi connectivity index (χ1) is 15.0. The molecule has 0 unspecified atom stereocenters. The molecule has 1 N–H and O–H groups in total. The van der Waals surface area contributed by atoms with Crippen molar-refractivity contribution in [2.75, 3.05) is 17.6 Å². The largest absolute Gasteiger partial charge is 0.495 e. The van der Waals surface area contributed by atoms with Crippen LogP contribution in [0.15, 0.2) is 66.0 Å². The third-order valence-corrected chi connectivity index (χ3v) is 6.90. The Bertz CT molecular complexity index is 1270. The van der Waals surface area contributed by atoms with E-state index < -0.39 is 10.0 Å². The molecule has 0 radical (unpaired) electrons. The van der Waals surface area contributed by atoms with Gasteiger partial charge in [0, 0.05) is 5.02 Å². The van der Waals surface area contributed by atoms with Gasteiger partial charge in [-0.15, -0.1) is 21.5 Å². The summed E-state index contributed by atoms with van der Waals surface area (Å²) < 4.78 is 35.4. The van der Waals surface area contributed by atoms with Gasteiger partial charge in [-0.1, -0.05) is 41.9 Å². The molecule has 0 bridgehead atoms. The second-order valence-electron chi connectivity index (χ2n) is 6.63. The lowest BCUT2D eigenvalue weighted by molar-refractivity contribution is 0.413. The number of ether oxygens (including phenoxy) is 1. The summed E-state index contributed by atoms with van der Waals surface area (Å²) in [7, 11) is -2.13. The Hall–Kier alpha value is -2.88. The molecule has 0 saturated carbocycles. The summed E-state index contributed by atoms with van der Waals surface area (Å²) in [4.78, 5) is 0.852. The van der Waals surface area contributed by atoms with E-state index >= 15 is 0 Å². The lowest BCUT2D eigenvalue weighted by Gasteiger charge is -2.14. The first-order valence-corrected chi connectivity index (χ1v) is 12.3. The zero-order valence-electron chi connectivity index (χ0n) is 16.5. The lowest BCUT2D eigenvalue weighted by Crippen LogP contribution is -2.21. The number of methoxy groups -OCH3 is 1. The number of para-hydroxylation sites is 2. The number of nitrogens with one attached hydrogen (secondary N) is 1. The third-order valence-electron chi connectivity index (χ3n) is 4.55. The zero-order valence-corrected chi connectivity index (χ0v) is 18.9. The Morgan fingerprint density at radius 3 is 2.55 bits per heavy atom. The number of anilines is 1. The van der Waals surface area contributed by atoms with Gasteiger partial charge in [-0.2, -0.15) is 0 Å². The third kappa shape index (κ3) is 4.90. The standard InChI is InChI=1S/C21H19ClN4O3S2/c1-29-18-6-3-2-5-17(18)26-20(19-7-4-13-30-19)23-24-21(26)25-31(27,28)14-12-15-8-10-16(22)11-9-15/h2-11,13H,12,14H2,1H3,(H,24,25). The van der Waals surface area contributed by atoms with Crippen LogP contribution in [0.3, 0.4) is 0 Å². The Balaban J connectivity index is 1.67. The van der Waals surface area contributed by atoms with Crippen LogP contribution in [0.25, 0.3) is 16.4 Å². The van der Waals surface area contributed by atoms with E-state index in [9.17, 15) is 8.42 Å². The highest BCUT2D eigenvalue weighted by molar-refractivity contribution is 7.92. The van der Waals surface area contributed by atoms with Gasteiger partial charge in [-0.05, 0) is 47.7 Å². The Kier molecular flexibility index (Phi) is 6.26. The first-order valence-electron chi connectivity index (χ1n) is 9.34. The highest BCUT2D eigenvalue weighted by Gasteiger charge is 2.22. The average molecular weight is 475 g/mol. The van der Waals surface area contributed by atoms with E-state index in [0.717, 1.165) is 10.4 Å². The minimum absolute atomic E-state index is 0.101. The molecule has 2 aromatic heterocycles. The maximum atomic E-state index is 12.8. The predicted molar refractivity (Wildman–Crippen MR) is 124 cm³/mol. The molecule has 0 saturated heterocycles. The molecule has 0 aliphatic heterocycles. The van der Waals surface area contributed by atoms with Crippen molar-refractivity contribution in [1.29, 1.82) is 0 Å². The van der Waals surface area contributed by atoms with Crippen molar-refractivity contribution in [3.05, 3.63) is 76.6 Å². The minimum Gasteiger partial charge on any atom is -0.495 e. The number of hydrogen-bond donors (Lipinski definition) is 1. The average Bonchev–Trinajstić information content (AvgIpc) is 3.43. The molecule has 0 aliphatic rings. The van der Waals surface area contributed by atoms with Gasteiger partial charge < -0.3 is 4.74 Å². The molecule has 2 aromatic carbocycles. The maximum Gasteiger partial charge on any atom is 0.243 e. The van der Waals surface area contributed by atoms with Crippen LogP contribution in [0.1, 0.15) is 5.56 Å². The van der Waals surface area contributed by atoms with Crippen molar-refractivity contribution >= 4 is 38.9 Å². The van der Waals surface area contributed by atoms with Crippen molar-refractivity contribution in [2.45, 2.75) is 6.42 Å². The number of hydrogen-bond acceptors (Lipinski definition) is 6. The van der Waals surface area contributed by atoms with Crippen LogP contribution in [0.2, 0.25) is 5.02 Å². The molecule has 31 heavy (non-hydrogen) atoms. The van der Waals surface area contributed by atoms with Crippen molar-refractivity contribution in [1.82, 2.24) is 14.8 Å². The quantitative estimate of drug-likeness (QED) is 0.402. The maximum absolute atomic E-state index is 12.8. The molecule has 4 aromatic rings. The van der Waals surface area contributed by atoms with Crippen LogP contribution < -0.4 is 9.46 Å². The fourth-order valence-electron chi connectivity index (χ4n) is 3.05. The van der Waals surface area contributed by atoms with Gasteiger partial charge in [-0.25, -0.2) is 8.42 Å². The summed E-state index contributed by atoms with van der Waals surface area (Å²) >= 11 is 7.38. The van der Waals surface area contributed by atoms with Crippen molar-refractivity contribution < 1.29 is 13.2 Å². The van der Waals surface area contributed by atoms with E-state index in [0.29, 0.717) is 28.7 Å². The number of nitrogens with zero attached hydrogens (tertiary/aromatic N) is 3. The molecule has 2 heterocycles. The number of sulfonamides is 1. The Morgan fingerprint density at radius 2 is 1.84 bits per heavy atom. The molecule has 0 fully saturated rings. The van der Waals surface area contributed by atoms with Crippen LogP contribution in [0.4, 0.5) is 5.95 Å². The highest BCUT2D eigenvalue weighted by Crippen LogP contribution is 2.32. The summed E-state index contributed by atoms with van der Waals surface area (Å²) in [5.41, 5.74) is 1.51. The van der Waals surface area contributed by atoms with Gasteiger partial charge in [0.05, 0.1) is 23.4 Å². The summed E-state index contributed by atoms with van der Waals surface area (Å²) in [5.74, 6) is 1.09. The van der Waals surface area contributed by atoms with Crippen LogP contribution in [0, 0.1) is 0 Å². The van der Waals surface area contributed by atoms with E-state index in [2.05, 4.69) is 14.9 Å². The summed E-state index contributed by atoms with van der Waals surface area (Å²) in [5, 5.41) is 10.9. The molecule has 0 spiro atoms. The van der Waals surface area contributed by atoms with Gasteiger partial charge in [0.2, 0.25) is 16.0 Å². The number of aromatic nitrogens is 3. The molecule has 160 valence electrons. The smallest absolute Gasteiger partial charge is 0.243 e. The monoisotopic (exact) mass is 474 g/mol. The fourth-order valence-corrected chi connectivity index (χ4v) is 4.89. The SMILES string of the molecule is COc1ccccc1-n1c(NS(=O)(=O)CCc2ccc(Cl)cc2)nnc1-c1cccs1. The molecular formula is C21H19ClN4O3S2. The second kappa shape index (κ2) is 9.09. The van der Waals surface area contributed by atoms with Crippen LogP contribution >= 0.6 is 22.9 Å². The number of rotatable bonds is 8. The van der Waals surface area contributed by atoms with Gasteiger partial charge >= 0.3 is 0 Å². The summed E-state index contributed by atoms with van der Waals surface area (Å²) in [6.07, 6.45) is 0.340. The topological polar surface area (TPSA) is 86.1 Å². The van der Waals surface area contributed by atoms with E-state index in [1.54, 1.807) is 29.9 Å². The molecule has 0 amide bonds. The molecule has 0 atom stereocenters. The number of halogens is 1. The van der Waals surface area contributed by atoms with Crippen molar-refractivity contribution in [3.8, 4) is 22.1 Å². The highest BCUT2D eigenvalue weighted by atomic mass is 35.5. The van der Waals surface area contributed by atoms with Gasteiger partial charge in [-0.3, -0.25) is 9.29 Å². The fraction of sp³-hybridized carbons (Fsp3) is 0.143. The minimum atomic E-state index is -3.69. The predicted octanol–water partition coefficient (Wildman–Crippen LogP) is 4.64. The summed E-state index contributed by atoms with van der Waals surface area (Å²) in [6.45, 7) is 0. The van der Waals surface area contributed by atoms with Crippen LogP contribution in [0.5, 0.6) is 5.75 Å². The number of aryl methyl sites for hydroxylation is 1. The van der Waals surface area contributed by atoms with E-state index in [4.69, 9.17) is 16.3 Å². The van der Waals surface area contributed by atoms with Crippen LogP contribution in [-0.4, -0.2) is 36.0 Å². The van der Waals surface area contributed by atoms with E-state index in [1.807, 2.05) is 47.8 Å². The normalized spacial score (nSPS) is 11.4. The van der Waals surface area contributed by atoms with Gasteiger partial charge in [0.15, 0.2) is 5.82 Å². The van der Waals surface area contributed by atoms with Crippen LogP contribution in [-0.2, 0) is 16.4 Å². The van der Waals surface area contributed by atoms with Gasteiger partial charge in [0.1, 0.15) is 5.75 Å². The molecule has 10 heteroatoms. The zero-order chi connectivity index (χ0) is 21.8. The van der Waals surface area contributed by atoms with E-state index in [-0.39, 0.29) is 11.7 Å². The molecular weight excluding hydrogens is 456 g/mol. The van der Waals surface area contributed by atoms with E-state index in [1.165, 1.54) is 11.3 Å². The Morgan fingerprint density at radius 1 is 1.06 bits per heavy atom. The summed E-state index contributed by atoms with van der Waals surface area (Å²) in [6, 6.07) is 18.2. The Labute approximate surface area is 189 Å². The number of benzene rings is 2. The molecule has 4 rings (SSSR count). The number of thiophene rings is 1. The lowest BCUT2D eigenvalue weighted by atomic mass is 10.2. The first kappa shape index (κ1) is 21.4. The molecule has 7 nitrogen and oxygen atoms in total. The second-order valence-corrected chi connectivity index (χ2v) is 9.86.